The standard InChI is InChI=1S/C32H52N2/c1-5-9-13-19-25-20-17-18-21-26(25)30-28(23-15-11-7-3)27(22-14-10-6-2)29(24-16-12-8-4)31(33)32(30)34/h17-18,20-21H,5-16,19,22-24,33-34H2,1-4H3. The highest BCUT2D eigenvalue weighted by Crippen LogP contribution is 2.43. The van der Waals surface area contributed by atoms with Gasteiger partial charge in [-0.3, -0.25) is 0 Å². The summed E-state index contributed by atoms with van der Waals surface area (Å²) in [6.45, 7) is 9.13. The number of anilines is 2. The number of nitrogen functional groups attached to an aromatic ring is 2. The monoisotopic (exact) mass is 464 g/mol. The van der Waals surface area contributed by atoms with Crippen LogP contribution in [0.25, 0.3) is 11.1 Å². The Morgan fingerprint density at radius 1 is 0.500 bits per heavy atom. The van der Waals surface area contributed by atoms with Gasteiger partial charge in [-0.15, -0.1) is 0 Å². The number of benzene rings is 2. The molecule has 0 spiro atoms. The molecule has 0 fully saturated rings. The van der Waals surface area contributed by atoms with Gasteiger partial charge in [0, 0.05) is 5.56 Å². The van der Waals surface area contributed by atoms with Crippen LogP contribution in [0, 0.1) is 0 Å². The molecule has 0 aliphatic carbocycles. The summed E-state index contributed by atoms with van der Waals surface area (Å²) in [5.74, 6) is 0. The smallest absolute Gasteiger partial charge is 0.0633 e. The van der Waals surface area contributed by atoms with Crippen molar-refractivity contribution in [3.05, 3.63) is 46.5 Å². The van der Waals surface area contributed by atoms with Crippen molar-refractivity contribution >= 4 is 11.4 Å². The predicted molar refractivity (Wildman–Crippen MR) is 154 cm³/mol. The fourth-order valence-corrected chi connectivity index (χ4v) is 5.33. The van der Waals surface area contributed by atoms with Crippen molar-refractivity contribution in [1.29, 1.82) is 0 Å². The molecule has 0 saturated heterocycles. The molecule has 2 rings (SSSR count). The second-order valence-corrected chi connectivity index (χ2v) is 10.1. The Morgan fingerprint density at radius 2 is 0.971 bits per heavy atom. The van der Waals surface area contributed by atoms with Crippen LogP contribution in [-0.4, -0.2) is 0 Å². The first-order valence-electron chi connectivity index (χ1n) is 14.4. The van der Waals surface area contributed by atoms with Gasteiger partial charge in [-0.2, -0.15) is 0 Å². The number of unbranched alkanes of at least 4 members (excludes halogenated alkanes) is 8. The largest absolute Gasteiger partial charge is 0.397 e. The molecule has 190 valence electrons. The molecule has 2 heteroatoms. The van der Waals surface area contributed by atoms with E-state index in [0.29, 0.717) is 0 Å². The Labute approximate surface area is 210 Å². The molecule has 2 aromatic rings. The molecule has 0 heterocycles. The van der Waals surface area contributed by atoms with Crippen molar-refractivity contribution in [2.45, 2.75) is 130 Å². The number of aryl methyl sites for hydroxylation is 1. The number of nitrogens with two attached hydrogens (primary N) is 2. The van der Waals surface area contributed by atoms with Crippen LogP contribution in [0.5, 0.6) is 0 Å². The van der Waals surface area contributed by atoms with Gasteiger partial charge in [0.15, 0.2) is 0 Å². The van der Waals surface area contributed by atoms with E-state index in [1.807, 2.05) is 0 Å². The average molecular weight is 465 g/mol. The minimum Gasteiger partial charge on any atom is -0.397 e. The maximum atomic E-state index is 6.95. The second kappa shape index (κ2) is 15.8. The van der Waals surface area contributed by atoms with Crippen LogP contribution in [-0.2, 0) is 25.7 Å². The summed E-state index contributed by atoms with van der Waals surface area (Å²) >= 11 is 0. The van der Waals surface area contributed by atoms with Crippen LogP contribution in [0.2, 0.25) is 0 Å². The summed E-state index contributed by atoms with van der Waals surface area (Å²) in [4.78, 5) is 0. The van der Waals surface area contributed by atoms with Crippen LogP contribution in [0.3, 0.4) is 0 Å². The Balaban J connectivity index is 2.68. The maximum Gasteiger partial charge on any atom is 0.0633 e. The highest BCUT2D eigenvalue weighted by atomic mass is 14.7. The second-order valence-electron chi connectivity index (χ2n) is 10.1. The van der Waals surface area contributed by atoms with E-state index in [1.54, 1.807) is 0 Å². The lowest BCUT2D eigenvalue weighted by atomic mass is 9.81. The molecule has 0 radical (unpaired) electrons. The summed E-state index contributed by atoms with van der Waals surface area (Å²) in [7, 11) is 0. The molecule has 0 amide bonds. The third-order valence-corrected chi connectivity index (χ3v) is 7.34. The molecular weight excluding hydrogens is 412 g/mol. The zero-order valence-corrected chi connectivity index (χ0v) is 22.8. The third-order valence-electron chi connectivity index (χ3n) is 7.34. The summed E-state index contributed by atoms with van der Waals surface area (Å²) in [6.07, 6.45) is 19.3. The van der Waals surface area contributed by atoms with Gasteiger partial charge in [0.2, 0.25) is 0 Å². The van der Waals surface area contributed by atoms with E-state index in [9.17, 15) is 0 Å². The molecule has 2 aromatic carbocycles. The highest BCUT2D eigenvalue weighted by Gasteiger charge is 2.22. The predicted octanol–water partition coefficient (Wildman–Crippen LogP) is 9.45. The van der Waals surface area contributed by atoms with Gasteiger partial charge in [-0.05, 0) is 79.2 Å². The molecule has 34 heavy (non-hydrogen) atoms. The Morgan fingerprint density at radius 3 is 1.53 bits per heavy atom. The van der Waals surface area contributed by atoms with E-state index in [1.165, 1.54) is 110 Å². The van der Waals surface area contributed by atoms with Gasteiger partial charge in [-0.25, -0.2) is 0 Å². The fourth-order valence-electron chi connectivity index (χ4n) is 5.33. The van der Waals surface area contributed by atoms with Crippen molar-refractivity contribution in [1.82, 2.24) is 0 Å². The minimum absolute atomic E-state index is 0.833. The Hall–Kier alpha value is -1.96. The van der Waals surface area contributed by atoms with E-state index in [4.69, 9.17) is 11.5 Å². The van der Waals surface area contributed by atoms with Gasteiger partial charge < -0.3 is 11.5 Å². The molecule has 0 aliphatic heterocycles. The quantitative estimate of drug-likeness (QED) is 0.181. The molecular formula is C32H52N2. The van der Waals surface area contributed by atoms with Gasteiger partial charge in [0.25, 0.3) is 0 Å². The number of hydrogen-bond donors (Lipinski definition) is 2. The van der Waals surface area contributed by atoms with Crippen LogP contribution in [0.15, 0.2) is 24.3 Å². The van der Waals surface area contributed by atoms with Crippen molar-refractivity contribution in [3.63, 3.8) is 0 Å². The third kappa shape index (κ3) is 7.79. The summed E-state index contributed by atoms with van der Waals surface area (Å²) in [5, 5.41) is 0. The lowest BCUT2D eigenvalue weighted by Gasteiger charge is -2.25. The summed E-state index contributed by atoms with van der Waals surface area (Å²) in [6, 6.07) is 8.96. The van der Waals surface area contributed by atoms with Gasteiger partial charge in [0.05, 0.1) is 11.4 Å². The lowest BCUT2D eigenvalue weighted by molar-refractivity contribution is 0.679. The van der Waals surface area contributed by atoms with Crippen molar-refractivity contribution in [2.24, 2.45) is 0 Å². The molecule has 0 bridgehead atoms. The van der Waals surface area contributed by atoms with Crippen LogP contribution >= 0.6 is 0 Å². The highest BCUT2D eigenvalue weighted by molar-refractivity contribution is 5.91. The lowest BCUT2D eigenvalue weighted by Crippen LogP contribution is -2.12. The first kappa shape index (κ1) is 28.3. The van der Waals surface area contributed by atoms with Crippen molar-refractivity contribution in [3.8, 4) is 11.1 Å². The maximum absolute atomic E-state index is 6.95. The van der Waals surface area contributed by atoms with E-state index in [-0.39, 0.29) is 0 Å². The van der Waals surface area contributed by atoms with Crippen LogP contribution < -0.4 is 11.5 Å². The Bertz CT molecular complexity index is 853. The number of hydrogen-bond acceptors (Lipinski definition) is 2. The van der Waals surface area contributed by atoms with E-state index in [2.05, 4.69) is 52.0 Å². The van der Waals surface area contributed by atoms with E-state index >= 15 is 0 Å². The fraction of sp³-hybridized carbons (Fsp3) is 0.625. The molecule has 4 N–H and O–H groups in total. The van der Waals surface area contributed by atoms with Crippen LogP contribution in [0.4, 0.5) is 11.4 Å². The van der Waals surface area contributed by atoms with Crippen molar-refractivity contribution in [2.75, 3.05) is 11.5 Å². The SMILES string of the molecule is CCCCCc1ccccc1-c1c(N)c(N)c(CCCCC)c(CCCCC)c1CCCCC. The Kier molecular flexibility index (Phi) is 13.2. The topological polar surface area (TPSA) is 52.0 Å². The summed E-state index contributed by atoms with van der Waals surface area (Å²) in [5.41, 5.74) is 23.9. The molecule has 0 saturated carbocycles. The molecule has 0 aliphatic rings. The van der Waals surface area contributed by atoms with Gasteiger partial charge in [-0.1, -0.05) is 103 Å². The number of rotatable bonds is 17. The molecule has 0 atom stereocenters. The van der Waals surface area contributed by atoms with Gasteiger partial charge >= 0.3 is 0 Å². The average Bonchev–Trinajstić information content (AvgIpc) is 2.84. The first-order valence-corrected chi connectivity index (χ1v) is 14.4. The normalized spacial score (nSPS) is 11.3. The molecule has 2 nitrogen and oxygen atoms in total. The zero-order chi connectivity index (χ0) is 24.8. The minimum atomic E-state index is 0.833. The van der Waals surface area contributed by atoms with Crippen LogP contribution in [0.1, 0.15) is 127 Å². The molecule has 0 unspecified atom stereocenters. The zero-order valence-electron chi connectivity index (χ0n) is 22.8. The van der Waals surface area contributed by atoms with E-state index in [0.717, 1.165) is 37.1 Å². The first-order chi connectivity index (χ1) is 16.6. The molecule has 0 aromatic heterocycles. The van der Waals surface area contributed by atoms with Gasteiger partial charge in [0.1, 0.15) is 0 Å². The van der Waals surface area contributed by atoms with E-state index < -0.39 is 0 Å². The summed E-state index contributed by atoms with van der Waals surface area (Å²) < 4.78 is 0. The van der Waals surface area contributed by atoms with Crippen molar-refractivity contribution < 1.29 is 0 Å².